The summed E-state index contributed by atoms with van der Waals surface area (Å²) in [6.45, 7) is 3.03. The minimum Gasteiger partial charge on any atom is -0.494 e. The Kier molecular flexibility index (Phi) is 5.87. The maximum Gasteiger partial charge on any atom is 0.119 e. The number of hydrazine groups is 1. The first kappa shape index (κ1) is 15.6. The monoisotopic (exact) mass is 306 g/mol. The highest BCUT2D eigenvalue weighted by molar-refractivity contribution is 6.30. The summed E-state index contributed by atoms with van der Waals surface area (Å²) in [6.07, 6.45) is 0. The number of nitrogens with one attached hydrogen (secondary N) is 1. The Morgan fingerprint density at radius 1 is 1.00 bits per heavy atom. The van der Waals surface area contributed by atoms with Crippen molar-refractivity contribution in [2.24, 2.45) is 5.84 Å². The second kappa shape index (κ2) is 7.88. The van der Waals surface area contributed by atoms with Crippen LogP contribution >= 0.6 is 11.6 Å². The molecular formula is C16H19ClN2O2. The van der Waals surface area contributed by atoms with E-state index in [1.54, 1.807) is 12.1 Å². The van der Waals surface area contributed by atoms with Crippen molar-refractivity contribution in [1.82, 2.24) is 5.43 Å². The second-order valence-corrected chi connectivity index (χ2v) is 4.92. The zero-order chi connectivity index (χ0) is 15.1. The Hall–Kier alpha value is -1.75. The number of hydrogen-bond donors (Lipinski definition) is 2. The van der Waals surface area contributed by atoms with Crippen LogP contribution in [0.25, 0.3) is 0 Å². The van der Waals surface area contributed by atoms with Crippen molar-refractivity contribution in [3.05, 3.63) is 59.1 Å². The zero-order valence-electron chi connectivity index (χ0n) is 11.9. The molecule has 0 aromatic heterocycles. The first-order valence-corrected chi connectivity index (χ1v) is 7.18. The van der Waals surface area contributed by atoms with Crippen LogP contribution in [0.5, 0.6) is 11.5 Å². The fourth-order valence-electron chi connectivity index (χ4n) is 1.91. The van der Waals surface area contributed by atoms with E-state index in [2.05, 4.69) is 5.43 Å². The molecule has 2 rings (SSSR count). The second-order valence-electron chi connectivity index (χ2n) is 4.49. The van der Waals surface area contributed by atoms with E-state index in [-0.39, 0.29) is 6.04 Å². The molecule has 5 heteroatoms. The highest BCUT2D eigenvalue weighted by Crippen LogP contribution is 2.20. The Balaban J connectivity index is 1.97. The van der Waals surface area contributed by atoms with Gasteiger partial charge in [-0.25, -0.2) is 5.43 Å². The molecule has 0 aliphatic rings. The third-order valence-electron chi connectivity index (χ3n) is 3.02. The van der Waals surface area contributed by atoms with Gasteiger partial charge in [-0.15, -0.1) is 0 Å². The van der Waals surface area contributed by atoms with Crippen molar-refractivity contribution < 1.29 is 9.47 Å². The summed E-state index contributed by atoms with van der Waals surface area (Å²) < 4.78 is 11.1. The molecule has 112 valence electrons. The number of nitrogens with two attached hydrogens (primary N) is 1. The van der Waals surface area contributed by atoms with Gasteiger partial charge in [-0.3, -0.25) is 5.84 Å². The highest BCUT2D eigenvalue weighted by Gasteiger charge is 2.10. The van der Waals surface area contributed by atoms with Gasteiger partial charge in [0.05, 0.1) is 12.6 Å². The first-order valence-electron chi connectivity index (χ1n) is 6.80. The van der Waals surface area contributed by atoms with Gasteiger partial charge in [0.2, 0.25) is 0 Å². The summed E-state index contributed by atoms with van der Waals surface area (Å²) in [6, 6.07) is 14.9. The van der Waals surface area contributed by atoms with Crippen LogP contribution in [0.2, 0.25) is 5.02 Å². The molecule has 21 heavy (non-hydrogen) atoms. The van der Waals surface area contributed by atoms with Crippen molar-refractivity contribution in [3.8, 4) is 11.5 Å². The summed E-state index contributed by atoms with van der Waals surface area (Å²) >= 11 is 5.84. The van der Waals surface area contributed by atoms with Gasteiger partial charge in [0.25, 0.3) is 0 Å². The third-order valence-corrected chi connectivity index (χ3v) is 3.28. The summed E-state index contributed by atoms with van der Waals surface area (Å²) in [7, 11) is 0. The summed E-state index contributed by atoms with van der Waals surface area (Å²) in [5, 5.41) is 0.683. The molecule has 0 saturated carbocycles. The van der Waals surface area contributed by atoms with Gasteiger partial charge < -0.3 is 9.47 Å². The first-order chi connectivity index (χ1) is 10.2. The van der Waals surface area contributed by atoms with Gasteiger partial charge >= 0.3 is 0 Å². The van der Waals surface area contributed by atoms with Crippen LogP contribution in [0.15, 0.2) is 48.5 Å². The van der Waals surface area contributed by atoms with E-state index in [1.165, 1.54) is 0 Å². The molecule has 2 aromatic rings. The van der Waals surface area contributed by atoms with Crippen LogP contribution in [0, 0.1) is 0 Å². The van der Waals surface area contributed by atoms with Gasteiger partial charge in [0.15, 0.2) is 0 Å². The maximum absolute atomic E-state index is 5.84. The van der Waals surface area contributed by atoms with Crippen molar-refractivity contribution in [3.63, 3.8) is 0 Å². The van der Waals surface area contributed by atoms with Crippen LogP contribution in [0.1, 0.15) is 18.5 Å². The van der Waals surface area contributed by atoms with Crippen LogP contribution in [0.3, 0.4) is 0 Å². The average Bonchev–Trinajstić information content (AvgIpc) is 2.51. The van der Waals surface area contributed by atoms with Crippen molar-refractivity contribution in [1.29, 1.82) is 0 Å². The fourth-order valence-corrected chi connectivity index (χ4v) is 2.04. The Morgan fingerprint density at radius 3 is 2.14 bits per heavy atom. The summed E-state index contributed by atoms with van der Waals surface area (Å²) in [5.74, 6) is 7.21. The van der Waals surface area contributed by atoms with Gasteiger partial charge in [-0.05, 0) is 48.9 Å². The quantitative estimate of drug-likeness (QED) is 0.608. The third kappa shape index (κ3) is 4.63. The van der Waals surface area contributed by atoms with Crippen LogP contribution in [-0.4, -0.2) is 13.2 Å². The molecule has 0 fully saturated rings. The number of halogens is 1. The van der Waals surface area contributed by atoms with E-state index in [9.17, 15) is 0 Å². The molecule has 1 unspecified atom stereocenters. The van der Waals surface area contributed by atoms with E-state index in [4.69, 9.17) is 26.9 Å². The van der Waals surface area contributed by atoms with Crippen molar-refractivity contribution in [2.45, 2.75) is 13.0 Å². The highest BCUT2D eigenvalue weighted by atomic mass is 35.5. The molecule has 0 aliphatic carbocycles. The van der Waals surface area contributed by atoms with Gasteiger partial charge in [0, 0.05) is 5.02 Å². The summed E-state index contributed by atoms with van der Waals surface area (Å²) in [4.78, 5) is 0. The lowest BCUT2D eigenvalue weighted by Crippen LogP contribution is -2.32. The molecule has 0 bridgehead atoms. The molecule has 2 aromatic carbocycles. The van der Waals surface area contributed by atoms with Crippen LogP contribution in [0.4, 0.5) is 0 Å². The molecule has 0 radical (unpaired) electrons. The molecular weight excluding hydrogens is 288 g/mol. The fraction of sp³-hybridized carbons (Fsp3) is 0.250. The number of benzene rings is 2. The SMILES string of the molecule is CCOc1ccc(C(COc2ccc(Cl)cc2)NN)cc1. The molecule has 0 aliphatic heterocycles. The largest absolute Gasteiger partial charge is 0.494 e. The molecule has 1 atom stereocenters. The normalized spacial score (nSPS) is 12.0. The topological polar surface area (TPSA) is 56.5 Å². The van der Waals surface area contributed by atoms with Gasteiger partial charge in [0.1, 0.15) is 18.1 Å². The lowest BCUT2D eigenvalue weighted by molar-refractivity contribution is 0.267. The minimum absolute atomic E-state index is 0.101. The smallest absolute Gasteiger partial charge is 0.119 e. The van der Waals surface area contributed by atoms with E-state index in [1.807, 2.05) is 43.3 Å². The van der Waals surface area contributed by atoms with E-state index >= 15 is 0 Å². The Morgan fingerprint density at radius 2 is 1.57 bits per heavy atom. The lowest BCUT2D eigenvalue weighted by atomic mass is 10.1. The standard InChI is InChI=1S/C16H19ClN2O2/c1-2-20-14-7-3-12(4-8-14)16(19-18)11-21-15-9-5-13(17)6-10-15/h3-10,16,19H,2,11,18H2,1H3. The Labute approximate surface area is 129 Å². The van der Waals surface area contributed by atoms with E-state index in [0.29, 0.717) is 18.2 Å². The van der Waals surface area contributed by atoms with E-state index in [0.717, 1.165) is 17.1 Å². The van der Waals surface area contributed by atoms with Crippen LogP contribution < -0.4 is 20.7 Å². The summed E-state index contributed by atoms with van der Waals surface area (Å²) in [5.41, 5.74) is 3.80. The molecule has 0 amide bonds. The molecule has 0 spiro atoms. The van der Waals surface area contributed by atoms with Gasteiger partial charge in [-0.2, -0.15) is 0 Å². The predicted molar refractivity (Wildman–Crippen MR) is 84.6 cm³/mol. The number of rotatable bonds is 7. The van der Waals surface area contributed by atoms with Crippen molar-refractivity contribution >= 4 is 11.6 Å². The van der Waals surface area contributed by atoms with E-state index < -0.39 is 0 Å². The van der Waals surface area contributed by atoms with Crippen LogP contribution in [-0.2, 0) is 0 Å². The van der Waals surface area contributed by atoms with Gasteiger partial charge in [-0.1, -0.05) is 23.7 Å². The zero-order valence-corrected chi connectivity index (χ0v) is 12.6. The molecule has 0 saturated heterocycles. The number of ether oxygens (including phenoxy) is 2. The number of hydrogen-bond acceptors (Lipinski definition) is 4. The predicted octanol–water partition coefficient (Wildman–Crippen LogP) is 3.32. The Bertz CT molecular complexity index is 543. The minimum atomic E-state index is -0.101. The molecule has 4 nitrogen and oxygen atoms in total. The lowest BCUT2D eigenvalue weighted by Gasteiger charge is -2.17. The molecule has 3 N–H and O–H groups in total. The maximum atomic E-state index is 5.84. The average molecular weight is 307 g/mol. The van der Waals surface area contributed by atoms with Crippen molar-refractivity contribution in [2.75, 3.05) is 13.2 Å². The molecule has 0 heterocycles.